The Morgan fingerprint density at radius 3 is 2.68 bits per heavy atom. The lowest BCUT2D eigenvalue weighted by Gasteiger charge is -2.07. The molecule has 0 atom stereocenters. The topological polar surface area (TPSA) is 38.3 Å². The van der Waals surface area contributed by atoms with E-state index in [0.717, 1.165) is 16.8 Å². The Morgan fingerprint density at radius 1 is 1.18 bits per heavy atom. The van der Waals surface area contributed by atoms with Crippen LogP contribution in [0.1, 0.15) is 11.1 Å². The quantitative estimate of drug-likeness (QED) is 0.842. The third kappa shape index (κ3) is 5.50. The number of ether oxygens (including phenoxy) is 1. The summed E-state index contributed by atoms with van der Waals surface area (Å²) in [6.07, 6.45) is 0. The number of halogens is 1. The number of methoxy groups -OCH3 is 1. The number of amides is 1. The third-order valence-corrected chi connectivity index (χ3v) is 3.94. The van der Waals surface area contributed by atoms with Crippen molar-refractivity contribution in [3.8, 4) is 0 Å². The first-order valence-electron chi connectivity index (χ1n) is 6.87. The van der Waals surface area contributed by atoms with Gasteiger partial charge >= 0.3 is 0 Å². The number of carbonyl (C=O) groups is 1. The first kappa shape index (κ1) is 16.5. The van der Waals surface area contributed by atoms with Crippen molar-refractivity contribution >= 4 is 23.4 Å². The van der Waals surface area contributed by atoms with E-state index in [2.05, 4.69) is 5.32 Å². The maximum Gasteiger partial charge on any atom is 0.234 e. The molecule has 1 N–H and O–H groups in total. The molecule has 1 amide bonds. The summed E-state index contributed by atoms with van der Waals surface area (Å²) in [6.45, 7) is 0.517. The minimum atomic E-state index is -0.248. The van der Waals surface area contributed by atoms with Gasteiger partial charge in [-0.05, 0) is 35.4 Å². The van der Waals surface area contributed by atoms with Gasteiger partial charge in [-0.2, -0.15) is 0 Å². The molecular weight excluding hydrogens is 301 g/mol. The van der Waals surface area contributed by atoms with Crippen LogP contribution in [0.3, 0.4) is 0 Å². The van der Waals surface area contributed by atoms with Crippen molar-refractivity contribution < 1.29 is 13.9 Å². The molecule has 0 aromatic heterocycles. The van der Waals surface area contributed by atoms with Crippen molar-refractivity contribution in [3.05, 3.63) is 65.5 Å². The molecule has 0 aliphatic heterocycles. The lowest BCUT2D eigenvalue weighted by atomic mass is 10.2. The second-order valence-corrected chi connectivity index (χ2v) is 5.79. The molecule has 0 aliphatic rings. The number of hydrogen-bond donors (Lipinski definition) is 1. The van der Waals surface area contributed by atoms with Crippen molar-refractivity contribution in [1.82, 2.24) is 0 Å². The van der Waals surface area contributed by atoms with E-state index in [0.29, 0.717) is 18.1 Å². The molecule has 2 rings (SSSR count). The standard InChI is InChI=1S/C17H18FNO2S/c1-21-10-14-3-2-4-16(9-14)19-17(20)12-22-11-13-5-7-15(18)8-6-13/h2-9H,10-12H2,1H3,(H,19,20). The Hall–Kier alpha value is -1.85. The van der Waals surface area contributed by atoms with Gasteiger partial charge in [-0.3, -0.25) is 4.79 Å². The molecule has 2 aromatic carbocycles. The molecule has 0 bridgehead atoms. The molecule has 116 valence electrons. The first-order chi connectivity index (χ1) is 10.7. The van der Waals surface area contributed by atoms with E-state index in [1.807, 2.05) is 24.3 Å². The summed E-state index contributed by atoms with van der Waals surface area (Å²) in [4.78, 5) is 11.9. The highest BCUT2D eigenvalue weighted by atomic mass is 32.2. The Bertz CT molecular complexity index is 616. The smallest absolute Gasteiger partial charge is 0.234 e. The number of rotatable bonds is 7. The Morgan fingerprint density at radius 2 is 1.95 bits per heavy atom. The van der Waals surface area contributed by atoms with Gasteiger partial charge < -0.3 is 10.1 Å². The van der Waals surface area contributed by atoms with Gasteiger partial charge in [-0.25, -0.2) is 4.39 Å². The van der Waals surface area contributed by atoms with Crippen molar-refractivity contribution in [1.29, 1.82) is 0 Å². The Balaban J connectivity index is 1.78. The molecule has 0 saturated heterocycles. The van der Waals surface area contributed by atoms with Crippen LogP contribution in [0, 0.1) is 5.82 Å². The van der Waals surface area contributed by atoms with Crippen LogP contribution in [0.5, 0.6) is 0 Å². The van der Waals surface area contributed by atoms with Crippen molar-refractivity contribution in [2.45, 2.75) is 12.4 Å². The minimum Gasteiger partial charge on any atom is -0.380 e. The number of hydrogen-bond acceptors (Lipinski definition) is 3. The Kier molecular flexibility index (Phi) is 6.43. The number of nitrogens with one attached hydrogen (secondary N) is 1. The average Bonchev–Trinajstić information content (AvgIpc) is 2.50. The lowest BCUT2D eigenvalue weighted by molar-refractivity contribution is -0.113. The van der Waals surface area contributed by atoms with E-state index < -0.39 is 0 Å². The van der Waals surface area contributed by atoms with E-state index in [1.165, 1.54) is 23.9 Å². The Labute approximate surface area is 133 Å². The fourth-order valence-electron chi connectivity index (χ4n) is 1.94. The summed E-state index contributed by atoms with van der Waals surface area (Å²) in [5.74, 6) is 0.729. The molecule has 0 unspecified atom stereocenters. The van der Waals surface area contributed by atoms with Crippen LogP contribution in [0.25, 0.3) is 0 Å². The van der Waals surface area contributed by atoms with Crippen molar-refractivity contribution in [3.63, 3.8) is 0 Å². The van der Waals surface area contributed by atoms with Crippen LogP contribution in [-0.4, -0.2) is 18.8 Å². The summed E-state index contributed by atoms with van der Waals surface area (Å²) in [6, 6.07) is 13.9. The normalized spacial score (nSPS) is 10.5. The molecule has 2 aromatic rings. The van der Waals surface area contributed by atoms with Gasteiger partial charge in [-0.15, -0.1) is 11.8 Å². The SMILES string of the molecule is COCc1cccc(NC(=O)CSCc2ccc(F)cc2)c1. The fourth-order valence-corrected chi connectivity index (χ4v) is 2.73. The monoisotopic (exact) mass is 319 g/mol. The highest BCUT2D eigenvalue weighted by Gasteiger charge is 2.04. The summed E-state index contributed by atoms with van der Waals surface area (Å²) >= 11 is 1.49. The van der Waals surface area contributed by atoms with Crippen LogP contribution >= 0.6 is 11.8 Å². The molecular formula is C17H18FNO2S. The zero-order valence-corrected chi connectivity index (χ0v) is 13.2. The molecule has 0 radical (unpaired) electrons. The summed E-state index contributed by atoms with van der Waals surface area (Å²) in [5, 5.41) is 2.86. The second kappa shape index (κ2) is 8.56. The lowest BCUT2D eigenvalue weighted by Crippen LogP contribution is -2.14. The van der Waals surface area contributed by atoms with Gasteiger partial charge in [-0.1, -0.05) is 24.3 Å². The van der Waals surface area contributed by atoms with Crippen molar-refractivity contribution in [2.24, 2.45) is 0 Å². The van der Waals surface area contributed by atoms with Crippen LogP contribution in [-0.2, 0) is 21.9 Å². The predicted molar refractivity (Wildman–Crippen MR) is 88.3 cm³/mol. The highest BCUT2D eigenvalue weighted by molar-refractivity contribution is 7.99. The first-order valence-corrected chi connectivity index (χ1v) is 8.03. The van der Waals surface area contributed by atoms with E-state index in [-0.39, 0.29) is 11.7 Å². The summed E-state index contributed by atoms with van der Waals surface area (Å²) in [7, 11) is 1.64. The van der Waals surface area contributed by atoms with Crippen LogP contribution in [0.15, 0.2) is 48.5 Å². The number of carbonyl (C=O) groups excluding carboxylic acids is 1. The van der Waals surface area contributed by atoms with Gasteiger partial charge in [0.05, 0.1) is 12.4 Å². The molecule has 0 heterocycles. The summed E-state index contributed by atoms with van der Waals surface area (Å²) in [5.41, 5.74) is 2.78. The zero-order chi connectivity index (χ0) is 15.8. The molecule has 0 spiro atoms. The number of benzene rings is 2. The molecule has 5 heteroatoms. The average molecular weight is 319 g/mol. The van der Waals surface area contributed by atoms with Crippen LogP contribution in [0.2, 0.25) is 0 Å². The van der Waals surface area contributed by atoms with E-state index in [9.17, 15) is 9.18 Å². The predicted octanol–water partition coefficient (Wildman–Crippen LogP) is 3.84. The van der Waals surface area contributed by atoms with Gasteiger partial charge in [0.15, 0.2) is 0 Å². The molecule has 0 fully saturated rings. The zero-order valence-electron chi connectivity index (χ0n) is 12.3. The van der Waals surface area contributed by atoms with E-state index >= 15 is 0 Å². The summed E-state index contributed by atoms with van der Waals surface area (Å²) < 4.78 is 17.9. The molecule has 3 nitrogen and oxygen atoms in total. The molecule has 22 heavy (non-hydrogen) atoms. The van der Waals surface area contributed by atoms with Crippen LogP contribution < -0.4 is 5.32 Å². The maximum atomic E-state index is 12.8. The van der Waals surface area contributed by atoms with Gasteiger partial charge in [0, 0.05) is 18.6 Å². The van der Waals surface area contributed by atoms with E-state index in [1.54, 1.807) is 19.2 Å². The molecule has 0 saturated carbocycles. The number of thioether (sulfide) groups is 1. The second-order valence-electron chi connectivity index (χ2n) is 4.80. The largest absolute Gasteiger partial charge is 0.380 e. The molecule has 0 aliphatic carbocycles. The highest BCUT2D eigenvalue weighted by Crippen LogP contribution is 2.15. The van der Waals surface area contributed by atoms with Gasteiger partial charge in [0.2, 0.25) is 5.91 Å². The fraction of sp³-hybridized carbons (Fsp3) is 0.235. The maximum absolute atomic E-state index is 12.8. The minimum absolute atomic E-state index is 0.0540. The van der Waals surface area contributed by atoms with E-state index in [4.69, 9.17) is 4.74 Å². The van der Waals surface area contributed by atoms with Crippen LogP contribution in [0.4, 0.5) is 10.1 Å². The third-order valence-electron chi connectivity index (χ3n) is 2.94. The van der Waals surface area contributed by atoms with Gasteiger partial charge in [0.1, 0.15) is 5.82 Å². The number of anilines is 1. The van der Waals surface area contributed by atoms with Crippen molar-refractivity contribution in [2.75, 3.05) is 18.2 Å². The van der Waals surface area contributed by atoms with Gasteiger partial charge in [0.25, 0.3) is 0 Å².